The van der Waals surface area contributed by atoms with Crippen LogP contribution < -0.4 is 5.32 Å². The van der Waals surface area contributed by atoms with E-state index in [1.807, 2.05) is 0 Å². The van der Waals surface area contributed by atoms with Crippen molar-refractivity contribution in [1.29, 1.82) is 0 Å². The molecule has 1 N–H and O–H groups in total. The molecule has 2 atom stereocenters. The molecule has 1 heterocycles. The molecule has 0 radical (unpaired) electrons. The van der Waals surface area contributed by atoms with Gasteiger partial charge in [-0.3, -0.25) is 14.9 Å². The molecule has 2 unspecified atom stereocenters. The SMILES string of the molecule is O=C1NC(=O)C2(Br)C=C(Br)C=CC12. The third-order valence-electron chi connectivity index (χ3n) is 2.12. The molecule has 0 aromatic rings. The lowest BCUT2D eigenvalue weighted by Crippen LogP contribution is -2.34. The van der Waals surface area contributed by atoms with Gasteiger partial charge in [-0.15, -0.1) is 0 Å². The zero-order valence-corrected chi connectivity index (χ0v) is 9.55. The average molecular weight is 307 g/mol. The average Bonchev–Trinajstić information content (AvgIpc) is 2.23. The summed E-state index contributed by atoms with van der Waals surface area (Å²) in [6, 6.07) is 0. The second-order valence-electron chi connectivity index (χ2n) is 2.95. The Morgan fingerprint density at radius 2 is 2.15 bits per heavy atom. The molecule has 0 aromatic heterocycles. The van der Waals surface area contributed by atoms with Crippen molar-refractivity contribution in [2.75, 3.05) is 0 Å². The van der Waals surface area contributed by atoms with Crippen molar-refractivity contribution in [3.05, 3.63) is 22.7 Å². The molecule has 5 heteroatoms. The zero-order valence-electron chi connectivity index (χ0n) is 6.38. The zero-order chi connectivity index (χ0) is 9.64. The standard InChI is InChI=1S/C8H5Br2NO2/c9-4-1-2-5-6(12)11-7(13)8(5,10)3-4/h1-3,5H,(H,11,12,13). The first-order valence-electron chi connectivity index (χ1n) is 3.65. The predicted molar refractivity (Wildman–Crippen MR) is 54.4 cm³/mol. The number of hydrogen-bond acceptors (Lipinski definition) is 2. The molecule has 2 amide bonds. The van der Waals surface area contributed by atoms with Crippen molar-refractivity contribution in [3.63, 3.8) is 0 Å². The van der Waals surface area contributed by atoms with Gasteiger partial charge >= 0.3 is 0 Å². The summed E-state index contributed by atoms with van der Waals surface area (Å²) in [6.45, 7) is 0. The minimum atomic E-state index is -0.891. The maximum atomic E-state index is 11.4. The van der Waals surface area contributed by atoms with Gasteiger partial charge in [-0.1, -0.05) is 44.0 Å². The topological polar surface area (TPSA) is 46.2 Å². The fourth-order valence-corrected chi connectivity index (χ4v) is 2.96. The Morgan fingerprint density at radius 1 is 1.46 bits per heavy atom. The summed E-state index contributed by atoms with van der Waals surface area (Å²) in [5.74, 6) is -0.987. The van der Waals surface area contributed by atoms with Gasteiger partial charge in [0, 0.05) is 4.48 Å². The Morgan fingerprint density at radius 3 is 2.85 bits per heavy atom. The quantitative estimate of drug-likeness (QED) is 0.541. The molecule has 68 valence electrons. The lowest BCUT2D eigenvalue weighted by molar-refractivity contribution is -0.125. The van der Waals surface area contributed by atoms with Gasteiger partial charge < -0.3 is 0 Å². The first-order valence-corrected chi connectivity index (χ1v) is 5.23. The number of halogens is 2. The second-order valence-corrected chi connectivity index (χ2v) is 5.18. The number of allylic oxidation sites excluding steroid dienone is 2. The molecule has 0 spiro atoms. The summed E-state index contributed by atoms with van der Waals surface area (Å²) in [5.41, 5.74) is 0. The van der Waals surface area contributed by atoms with E-state index in [1.165, 1.54) is 0 Å². The minimum absolute atomic E-state index is 0.255. The molecule has 1 aliphatic heterocycles. The number of amides is 2. The van der Waals surface area contributed by atoms with Gasteiger partial charge in [-0.25, -0.2) is 0 Å². The highest BCUT2D eigenvalue weighted by Gasteiger charge is 2.52. The number of carbonyl (C=O) groups excluding carboxylic acids is 2. The molecule has 1 aliphatic carbocycles. The van der Waals surface area contributed by atoms with E-state index in [9.17, 15) is 9.59 Å². The molecule has 0 aromatic carbocycles. The summed E-state index contributed by atoms with van der Waals surface area (Å²) in [4.78, 5) is 22.7. The van der Waals surface area contributed by atoms with Crippen LogP contribution in [0.1, 0.15) is 0 Å². The molecule has 3 nitrogen and oxygen atoms in total. The Balaban J connectivity index is 2.51. The van der Waals surface area contributed by atoms with Crippen molar-refractivity contribution in [1.82, 2.24) is 5.32 Å². The fraction of sp³-hybridized carbons (Fsp3) is 0.250. The summed E-state index contributed by atoms with van der Waals surface area (Å²) in [7, 11) is 0. The van der Waals surface area contributed by atoms with Crippen molar-refractivity contribution >= 4 is 43.7 Å². The Labute approximate surface area is 91.5 Å². The lowest BCUT2D eigenvalue weighted by Gasteiger charge is -2.21. The van der Waals surface area contributed by atoms with Crippen LogP contribution in [-0.2, 0) is 9.59 Å². The summed E-state index contributed by atoms with van der Waals surface area (Å²) in [6.07, 6.45) is 5.17. The van der Waals surface area contributed by atoms with E-state index in [1.54, 1.807) is 18.2 Å². The van der Waals surface area contributed by atoms with Crippen LogP contribution in [0.4, 0.5) is 0 Å². The van der Waals surface area contributed by atoms with Crippen LogP contribution in [-0.4, -0.2) is 16.1 Å². The fourth-order valence-electron chi connectivity index (χ4n) is 1.44. The minimum Gasteiger partial charge on any atom is -0.294 e. The number of carbonyl (C=O) groups is 2. The first-order chi connectivity index (χ1) is 6.04. The summed E-state index contributed by atoms with van der Waals surface area (Å²) >= 11 is 6.54. The van der Waals surface area contributed by atoms with E-state index < -0.39 is 10.2 Å². The van der Waals surface area contributed by atoms with Crippen LogP contribution in [0.2, 0.25) is 0 Å². The number of rotatable bonds is 0. The van der Waals surface area contributed by atoms with Crippen LogP contribution >= 0.6 is 31.9 Å². The van der Waals surface area contributed by atoms with E-state index >= 15 is 0 Å². The molecule has 2 aliphatic rings. The number of fused-ring (bicyclic) bond motifs is 1. The highest BCUT2D eigenvalue weighted by Crippen LogP contribution is 2.40. The maximum Gasteiger partial charge on any atom is 0.248 e. The van der Waals surface area contributed by atoms with E-state index in [0.717, 1.165) is 4.48 Å². The van der Waals surface area contributed by atoms with Crippen LogP contribution in [0.3, 0.4) is 0 Å². The van der Waals surface area contributed by atoms with Gasteiger partial charge in [0.25, 0.3) is 0 Å². The monoisotopic (exact) mass is 305 g/mol. The van der Waals surface area contributed by atoms with Gasteiger partial charge in [0.1, 0.15) is 4.32 Å². The summed E-state index contributed by atoms with van der Waals surface area (Å²) in [5, 5.41) is 2.28. The molecule has 0 saturated carbocycles. The lowest BCUT2D eigenvalue weighted by atomic mass is 9.91. The number of imide groups is 1. The van der Waals surface area contributed by atoms with Gasteiger partial charge in [-0.05, 0) is 6.08 Å². The highest BCUT2D eigenvalue weighted by molar-refractivity contribution is 9.12. The molecule has 1 fully saturated rings. The molecular formula is C8H5Br2NO2. The maximum absolute atomic E-state index is 11.4. The summed E-state index contributed by atoms with van der Waals surface area (Å²) < 4.78 is -0.0945. The van der Waals surface area contributed by atoms with Crippen molar-refractivity contribution in [2.24, 2.45) is 5.92 Å². The van der Waals surface area contributed by atoms with Gasteiger partial charge in [0.15, 0.2) is 0 Å². The Hall–Kier alpha value is -0.420. The van der Waals surface area contributed by atoms with Crippen LogP contribution in [0, 0.1) is 5.92 Å². The van der Waals surface area contributed by atoms with Crippen molar-refractivity contribution < 1.29 is 9.59 Å². The van der Waals surface area contributed by atoms with E-state index in [4.69, 9.17) is 0 Å². The first kappa shape index (κ1) is 9.15. The number of alkyl halides is 1. The largest absolute Gasteiger partial charge is 0.294 e. The molecule has 0 bridgehead atoms. The number of hydrogen-bond donors (Lipinski definition) is 1. The normalized spacial score (nSPS) is 37.1. The number of nitrogens with one attached hydrogen (secondary N) is 1. The Bertz CT molecular complexity index is 361. The van der Waals surface area contributed by atoms with Gasteiger partial charge in [-0.2, -0.15) is 0 Å². The van der Waals surface area contributed by atoms with Crippen LogP contribution in [0.25, 0.3) is 0 Å². The third-order valence-corrected chi connectivity index (χ3v) is 3.69. The van der Waals surface area contributed by atoms with Gasteiger partial charge in [0.2, 0.25) is 11.8 Å². The third kappa shape index (κ3) is 1.21. The smallest absolute Gasteiger partial charge is 0.248 e. The van der Waals surface area contributed by atoms with Crippen molar-refractivity contribution in [2.45, 2.75) is 4.32 Å². The van der Waals surface area contributed by atoms with E-state index in [2.05, 4.69) is 37.2 Å². The second kappa shape index (κ2) is 2.78. The molecule has 2 rings (SSSR count). The predicted octanol–water partition coefficient (Wildman–Crippen LogP) is 1.24. The Kier molecular flexibility index (Phi) is 1.96. The van der Waals surface area contributed by atoms with E-state index in [0.29, 0.717) is 0 Å². The molecular weight excluding hydrogens is 302 g/mol. The molecule has 1 saturated heterocycles. The van der Waals surface area contributed by atoms with Crippen LogP contribution in [0.5, 0.6) is 0 Å². The molecule has 13 heavy (non-hydrogen) atoms. The van der Waals surface area contributed by atoms with E-state index in [-0.39, 0.29) is 11.8 Å². The van der Waals surface area contributed by atoms with Gasteiger partial charge in [0.05, 0.1) is 5.92 Å². The highest BCUT2D eigenvalue weighted by atomic mass is 79.9. The van der Waals surface area contributed by atoms with Crippen molar-refractivity contribution in [3.8, 4) is 0 Å². The van der Waals surface area contributed by atoms with Crippen LogP contribution in [0.15, 0.2) is 22.7 Å².